The van der Waals surface area contributed by atoms with Gasteiger partial charge >= 0.3 is 0 Å². The zero-order valence-electron chi connectivity index (χ0n) is 10.1. The minimum Gasteiger partial charge on any atom is -0.368 e. The molecule has 3 heteroatoms. The molecule has 1 aromatic carbocycles. The second-order valence-electron chi connectivity index (χ2n) is 3.59. The summed E-state index contributed by atoms with van der Waals surface area (Å²) in [5, 5.41) is 3.26. The van der Waals surface area contributed by atoms with Crippen molar-refractivity contribution in [2.45, 2.75) is 25.9 Å². The Labute approximate surface area is 103 Å². The van der Waals surface area contributed by atoms with E-state index in [0.29, 0.717) is 0 Å². The molecule has 0 bridgehead atoms. The van der Waals surface area contributed by atoms with Crippen LogP contribution in [0.2, 0.25) is 0 Å². The van der Waals surface area contributed by atoms with E-state index in [0.717, 1.165) is 18.5 Å². The highest BCUT2D eigenvalue weighted by Gasteiger charge is 2.02. The van der Waals surface area contributed by atoms with Gasteiger partial charge in [0.15, 0.2) is 0 Å². The Morgan fingerprint density at radius 1 is 1.35 bits per heavy atom. The summed E-state index contributed by atoms with van der Waals surface area (Å²) in [6.07, 6.45) is 10.1. The van der Waals surface area contributed by atoms with Crippen LogP contribution >= 0.6 is 0 Å². The largest absolute Gasteiger partial charge is 0.368 e. The average Bonchev–Trinajstić information content (AvgIpc) is 2.38. The lowest BCUT2D eigenvalue weighted by molar-refractivity contribution is 0.590. The third-order valence-electron chi connectivity index (χ3n) is 2.19. The summed E-state index contributed by atoms with van der Waals surface area (Å²) in [4.78, 5) is 0. The number of nitrogens with two attached hydrogens (primary N) is 1. The maximum atomic E-state index is 5.48. The summed E-state index contributed by atoms with van der Waals surface area (Å²) in [7, 11) is 0. The fraction of sp³-hybridized carbons (Fsp3) is 0.286. The van der Waals surface area contributed by atoms with Gasteiger partial charge < -0.3 is 5.32 Å². The lowest BCUT2D eigenvalue weighted by atomic mass is 10.2. The summed E-state index contributed by atoms with van der Waals surface area (Å²) in [5.41, 5.74) is 3.71. The molecule has 1 aromatic rings. The van der Waals surface area contributed by atoms with E-state index in [4.69, 9.17) is 5.84 Å². The average molecular weight is 229 g/mol. The molecule has 0 aliphatic heterocycles. The Bertz CT molecular complexity index is 344. The van der Waals surface area contributed by atoms with Crippen molar-refractivity contribution in [2.24, 2.45) is 5.84 Å². The standard InChI is InChI=1S/C14H19N3/c1-2-3-4-5-9-12-14(17-15)16-13-10-7-6-8-11-13/h3-5,7,9-11,14,16-17H,2,12,15H2,1H3/b4-3-,9-5-. The van der Waals surface area contributed by atoms with E-state index in [2.05, 4.69) is 42.0 Å². The minimum atomic E-state index is 0.0112. The van der Waals surface area contributed by atoms with Gasteiger partial charge in [0, 0.05) is 18.2 Å². The summed E-state index contributed by atoms with van der Waals surface area (Å²) in [6, 6.07) is 11.3. The molecule has 17 heavy (non-hydrogen) atoms. The molecule has 3 nitrogen and oxygen atoms in total. The van der Waals surface area contributed by atoms with Crippen molar-refractivity contribution in [1.82, 2.24) is 5.43 Å². The van der Waals surface area contributed by atoms with Crippen LogP contribution in [0, 0.1) is 12.1 Å². The van der Waals surface area contributed by atoms with Crippen LogP contribution in [0.4, 0.5) is 5.69 Å². The van der Waals surface area contributed by atoms with E-state index in [9.17, 15) is 0 Å². The predicted octanol–water partition coefficient (Wildman–Crippen LogP) is 2.40. The SMILES string of the molecule is CC/C=C\C=C/CC(NN)Nc1cc#ccc1. The second kappa shape index (κ2) is 8.40. The highest BCUT2D eigenvalue weighted by Crippen LogP contribution is 2.05. The molecular weight excluding hydrogens is 210 g/mol. The second-order valence-corrected chi connectivity index (χ2v) is 3.59. The summed E-state index contributed by atoms with van der Waals surface area (Å²) >= 11 is 0. The van der Waals surface area contributed by atoms with Gasteiger partial charge in [-0.15, -0.1) is 0 Å². The predicted molar refractivity (Wildman–Crippen MR) is 72.0 cm³/mol. The van der Waals surface area contributed by atoms with Crippen LogP contribution in [0.3, 0.4) is 0 Å². The van der Waals surface area contributed by atoms with Crippen molar-refractivity contribution >= 4 is 5.69 Å². The van der Waals surface area contributed by atoms with Gasteiger partial charge in [0.2, 0.25) is 0 Å². The summed E-state index contributed by atoms with van der Waals surface area (Å²) in [5.74, 6) is 5.48. The number of hydrazine groups is 1. The van der Waals surface area contributed by atoms with Crippen molar-refractivity contribution in [2.75, 3.05) is 5.32 Å². The molecule has 0 amide bonds. The Morgan fingerprint density at radius 2 is 2.18 bits per heavy atom. The molecule has 0 heterocycles. The van der Waals surface area contributed by atoms with Crippen LogP contribution < -0.4 is 16.6 Å². The number of allylic oxidation sites excluding steroid dienone is 3. The quantitative estimate of drug-likeness (QED) is 0.291. The fourth-order valence-corrected chi connectivity index (χ4v) is 1.31. The fourth-order valence-electron chi connectivity index (χ4n) is 1.31. The zero-order chi connectivity index (χ0) is 12.3. The highest BCUT2D eigenvalue weighted by molar-refractivity contribution is 5.41. The van der Waals surface area contributed by atoms with Crippen LogP contribution in [0.25, 0.3) is 0 Å². The first-order valence-corrected chi connectivity index (χ1v) is 5.79. The maximum absolute atomic E-state index is 5.48. The number of rotatable bonds is 7. The first-order valence-electron chi connectivity index (χ1n) is 5.79. The lowest BCUT2D eigenvalue weighted by Crippen LogP contribution is -2.40. The molecule has 0 saturated carbocycles. The van der Waals surface area contributed by atoms with E-state index < -0.39 is 0 Å². The molecule has 0 aliphatic carbocycles. The Hall–Kier alpha value is -1.76. The normalized spacial score (nSPS) is 12.8. The van der Waals surface area contributed by atoms with Crippen molar-refractivity contribution in [3.05, 3.63) is 54.6 Å². The van der Waals surface area contributed by atoms with Gasteiger partial charge in [0.1, 0.15) is 0 Å². The number of nitrogens with one attached hydrogen (secondary N) is 2. The Morgan fingerprint density at radius 3 is 2.82 bits per heavy atom. The molecule has 1 atom stereocenters. The summed E-state index contributed by atoms with van der Waals surface area (Å²) in [6.45, 7) is 2.11. The van der Waals surface area contributed by atoms with Crippen LogP contribution in [0.1, 0.15) is 19.8 Å². The number of hydrogen-bond acceptors (Lipinski definition) is 3. The highest BCUT2D eigenvalue weighted by atomic mass is 15.3. The van der Waals surface area contributed by atoms with Gasteiger partial charge in [-0.05, 0) is 18.6 Å². The van der Waals surface area contributed by atoms with Gasteiger partial charge in [0.25, 0.3) is 0 Å². The van der Waals surface area contributed by atoms with Crippen LogP contribution in [0.15, 0.2) is 42.5 Å². The summed E-state index contributed by atoms with van der Waals surface area (Å²) < 4.78 is 0. The molecule has 4 N–H and O–H groups in total. The topological polar surface area (TPSA) is 50.1 Å². The van der Waals surface area contributed by atoms with Gasteiger partial charge in [-0.2, -0.15) is 0 Å². The van der Waals surface area contributed by atoms with E-state index in [1.54, 1.807) is 0 Å². The molecule has 1 unspecified atom stereocenters. The van der Waals surface area contributed by atoms with Gasteiger partial charge in [0.05, 0.1) is 6.17 Å². The lowest BCUT2D eigenvalue weighted by Gasteiger charge is -2.16. The molecule has 0 aromatic heterocycles. The third-order valence-corrected chi connectivity index (χ3v) is 2.19. The van der Waals surface area contributed by atoms with Crippen molar-refractivity contribution in [3.63, 3.8) is 0 Å². The van der Waals surface area contributed by atoms with Crippen LogP contribution in [0.5, 0.6) is 0 Å². The van der Waals surface area contributed by atoms with Crippen molar-refractivity contribution < 1.29 is 0 Å². The molecule has 0 aliphatic rings. The van der Waals surface area contributed by atoms with Gasteiger partial charge in [-0.1, -0.05) is 43.4 Å². The maximum Gasteiger partial charge on any atom is 0.0928 e. The first kappa shape index (κ1) is 13.3. The minimum absolute atomic E-state index is 0.0112. The molecule has 90 valence electrons. The molecule has 0 radical (unpaired) electrons. The van der Waals surface area contributed by atoms with Crippen molar-refractivity contribution in [1.29, 1.82) is 0 Å². The molecular formula is C14H19N3. The molecule has 0 saturated heterocycles. The molecule has 0 spiro atoms. The van der Waals surface area contributed by atoms with E-state index >= 15 is 0 Å². The molecule has 0 fully saturated rings. The van der Waals surface area contributed by atoms with Gasteiger partial charge in [-0.25, -0.2) is 5.43 Å². The smallest absolute Gasteiger partial charge is 0.0928 e. The first-order chi connectivity index (χ1) is 8.36. The van der Waals surface area contributed by atoms with E-state index in [-0.39, 0.29) is 6.17 Å². The molecule has 1 rings (SSSR count). The zero-order valence-corrected chi connectivity index (χ0v) is 10.1. The number of hydrogen-bond donors (Lipinski definition) is 3. The van der Waals surface area contributed by atoms with E-state index in [1.165, 1.54) is 0 Å². The number of anilines is 1. The van der Waals surface area contributed by atoms with Crippen LogP contribution in [-0.2, 0) is 0 Å². The Kier molecular flexibility index (Phi) is 6.57. The van der Waals surface area contributed by atoms with Crippen LogP contribution in [-0.4, -0.2) is 6.17 Å². The van der Waals surface area contributed by atoms with Crippen molar-refractivity contribution in [3.8, 4) is 0 Å². The monoisotopic (exact) mass is 229 g/mol. The van der Waals surface area contributed by atoms with E-state index in [1.807, 2.05) is 30.4 Å². The Balaban J connectivity index is 2.39. The van der Waals surface area contributed by atoms with Gasteiger partial charge in [-0.3, -0.25) is 5.84 Å². The third kappa shape index (κ3) is 5.76.